The highest BCUT2D eigenvalue weighted by molar-refractivity contribution is 5.84. The van der Waals surface area contributed by atoms with E-state index in [0.717, 1.165) is 10.9 Å². The number of carboxylic acid groups (broad SMARTS) is 1. The van der Waals surface area contributed by atoms with Gasteiger partial charge in [0.15, 0.2) is 0 Å². The molecule has 7 nitrogen and oxygen atoms in total. The molecule has 1 aliphatic rings. The Balaban J connectivity index is 1.85. The topological polar surface area (TPSA) is 109 Å². The lowest BCUT2D eigenvalue weighted by atomic mass is 10.1. The number of fused-ring (bicyclic) bond motifs is 1. The molecule has 1 saturated heterocycles. The van der Waals surface area contributed by atoms with Crippen LogP contribution in [0.2, 0.25) is 0 Å². The third kappa shape index (κ3) is 3.59. The summed E-state index contributed by atoms with van der Waals surface area (Å²) in [6, 6.07) is 8.48. The number of aromatic nitrogens is 1. The van der Waals surface area contributed by atoms with Crippen molar-refractivity contribution in [3.8, 4) is 0 Å². The maximum Gasteiger partial charge on any atom is 0.327 e. The first-order valence-corrected chi connectivity index (χ1v) is 8.72. The molecule has 0 bridgehead atoms. The Kier molecular flexibility index (Phi) is 4.77. The van der Waals surface area contributed by atoms with Crippen LogP contribution in [-0.2, 0) is 14.3 Å². The van der Waals surface area contributed by atoms with Gasteiger partial charge in [0.25, 0.3) is 0 Å². The maximum absolute atomic E-state index is 12.4. The van der Waals surface area contributed by atoms with E-state index in [1.807, 2.05) is 30.3 Å². The number of ether oxygens (including phenoxy) is 1. The fraction of sp³-hybridized carbons (Fsp3) is 0.474. The number of nitrogens with zero attached hydrogens (tertiary/aromatic N) is 1. The summed E-state index contributed by atoms with van der Waals surface area (Å²) in [6.07, 6.45) is -0.238. The van der Waals surface area contributed by atoms with Crippen molar-refractivity contribution < 1.29 is 19.4 Å². The SMILES string of the molecule is CC(C)(C)OC(=O)[C@@H]1CCN([C@H](C(=O)O)c2cc3ccccc3[nH]2)[C@@H]1N. The van der Waals surface area contributed by atoms with Gasteiger partial charge in [-0.3, -0.25) is 14.5 Å². The van der Waals surface area contributed by atoms with Crippen molar-refractivity contribution in [3.05, 3.63) is 36.0 Å². The number of nitrogens with one attached hydrogen (secondary N) is 1. The van der Waals surface area contributed by atoms with Crippen LogP contribution in [0, 0.1) is 5.92 Å². The molecule has 1 aromatic carbocycles. The highest BCUT2D eigenvalue weighted by Crippen LogP contribution is 2.33. The molecule has 0 radical (unpaired) electrons. The molecular weight excluding hydrogens is 334 g/mol. The van der Waals surface area contributed by atoms with Crippen molar-refractivity contribution in [1.82, 2.24) is 9.88 Å². The van der Waals surface area contributed by atoms with E-state index in [-0.39, 0.29) is 5.97 Å². The zero-order valence-corrected chi connectivity index (χ0v) is 15.2. The average Bonchev–Trinajstić information content (AvgIpc) is 3.10. The number of carbonyl (C=O) groups excluding carboxylic acids is 1. The third-order valence-corrected chi connectivity index (χ3v) is 4.61. The zero-order valence-electron chi connectivity index (χ0n) is 15.2. The smallest absolute Gasteiger partial charge is 0.327 e. The normalized spacial score (nSPS) is 22.5. The number of hydrogen-bond acceptors (Lipinski definition) is 5. The minimum Gasteiger partial charge on any atom is -0.480 e. The van der Waals surface area contributed by atoms with Gasteiger partial charge in [-0.1, -0.05) is 18.2 Å². The van der Waals surface area contributed by atoms with Crippen molar-refractivity contribution in [2.75, 3.05) is 6.54 Å². The molecule has 0 aliphatic carbocycles. The number of aliphatic carboxylic acids is 1. The summed E-state index contributed by atoms with van der Waals surface area (Å²) >= 11 is 0. The van der Waals surface area contributed by atoms with Crippen LogP contribution in [0.1, 0.15) is 38.9 Å². The molecule has 1 aliphatic heterocycles. The second kappa shape index (κ2) is 6.74. The van der Waals surface area contributed by atoms with E-state index >= 15 is 0 Å². The molecule has 0 unspecified atom stereocenters. The second-order valence-corrected chi connectivity index (χ2v) is 7.71. The average molecular weight is 359 g/mol. The molecule has 2 heterocycles. The molecule has 0 saturated carbocycles. The minimum absolute atomic E-state index is 0.381. The molecule has 140 valence electrons. The Bertz CT molecular complexity index is 791. The van der Waals surface area contributed by atoms with Gasteiger partial charge in [-0.25, -0.2) is 0 Å². The summed E-state index contributed by atoms with van der Waals surface area (Å²) in [4.78, 5) is 29.2. The van der Waals surface area contributed by atoms with Crippen molar-refractivity contribution in [2.24, 2.45) is 11.7 Å². The number of rotatable bonds is 4. The zero-order chi connectivity index (χ0) is 19.1. The van der Waals surface area contributed by atoms with Crippen LogP contribution in [0.15, 0.2) is 30.3 Å². The highest BCUT2D eigenvalue weighted by atomic mass is 16.6. The fourth-order valence-corrected chi connectivity index (χ4v) is 3.47. The predicted molar refractivity (Wildman–Crippen MR) is 97.3 cm³/mol. The van der Waals surface area contributed by atoms with Crippen LogP contribution in [-0.4, -0.2) is 45.2 Å². The van der Waals surface area contributed by atoms with Gasteiger partial charge in [0, 0.05) is 17.8 Å². The van der Waals surface area contributed by atoms with Crippen LogP contribution < -0.4 is 5.73 Å². The summed E-state index contributed by atoms with van der Waals surface area (Å²) in [5.41, 5.74) is 7.08. The first-order chi connectivity index (χ1) is 12.2. The fourth-order valence-electron chi connectivity index (χ4n) is 3.47. The monoisotopic (exact) mass is 359 g/mol. The van der Waals surface area contributed by atoms with Crippen LogP contribution in [0.25, 0.3) is 10.9 Å². The Hall–Kier alpha value is -2.38. The largest absolute Gasteiger partial charge is 0.480 e. The van der Waals surface area contributed by atoms with Gasteiger partial charge in [0.05, 0.1) is 12.1 Å². The van der Waals surface area contributed by atoms with Crippen molar-refractivity contribution in [1.29, 1.82) is 0 Å². The Labute approximate surface area is 152 Å². The number of likely N-dealkylation sites (tertiary alicyclic amines) is 1. The number of nitrogens with two attached hydrogens (primary N) is 1. The lowest BCUT2D eigenvalue weighted by Gasteiger charge is -2.30. The van der Waals surface area contributed by atoms with Crippen molar-refractivity contribution in [3.63, 3.8) is 0 Å². The predicted octanol–water partition coefficient (Wildman–Crippen LogP) is 2.24. The van der Waals surface area contributed by atoms with E-state index in [0.29, 0.717) is 18.7 Å². The second-order valence-electron chi connectivity index (χ2n) is 7.71. The number of para-hydroxylation sites is 1. The van der Waals surface area contributed by atoms with E-state index < -0.39 is 29.7 Å². The molecule has 4 N–H and O–H groups in total. The number of carbonyl (C=O) groups is 2. The molecule has 7 heteroatoms. The lowest BCUT2D eigenvalue weighted by Crippen LogP contribution is -2.47. The number of benzene rings is 1. The third-order valence-electron chi connectivity index (χ3n) is 4.61. The lowest BCUT2D eigenvalue weighted by molar-refractivity contribution is -0.161. The van der Waals surface area contributed by atoms with Gasteiger partial charge in [-0.15, -0.1) is 0 Å². The summed E-state index contributed by atoms with van der Waals surface area (Å²) < 4.78 is 5.43. The molecule has 0 spiro atoms. The number of carboxylic acids is 1. The first-order valence-electron chi connectivity index (χ1n) is 8.72. The van der Waals surface area contributed by atoms with Gasteiger partial charge >= 0.3 is 11.9 Å². The van der Waals surface area contributed by atoms with E-state index in [1.165, 1.54) is 0 Å². The molecule has 0 amide bonds. The summed E-state index contributed by atoms with van der Waals surface area (Å²) in [6.45, 7) is 5.81. The minimum atomic E-state index is -1.00. The van der Waals surface area contributed by atoms with E-state index in [2.05, 4.69) is 4.98 Å². The molecule has 1 aromatic heterocycles. The molecule has 3 atom stereocenters. The van der Waals surface area contributed by atoms with Gasteiger partial charge in [0.1, 0.15) is 11.6 Å². The maximum atomic E-state index is 12.4. The Morgan fingerprint density at radius 3 is 2.65 bits per heavy atom. The first kappa shape index (κ1) is 18.4. The number of esters is 1. The summed E-state index contributed by atoms with van der Waals surface area (Å²) in [5.74, 6) is -1.93. The molecule has 1 fully saturated rings. The van der Waals surface area contributed by atoms with E-state index in [9.17, 15) is 14.7 Å². The quantitative estimate of drug-likeness (QED) is 0.723. The number of H-pyrrole nitrogens is 1. The van der Waals surface area contributed by atoms with Gasteiger partial charge in [0.2, 0.25) is 0 Å². The number of aromatic amines is 1. The number of hydrogen-bond donors (Lipinski definition) is 3. The molecule has 2 aromatic rings. The van der Waals surface area contributed by atoms with Crippen LogP contribution in [0.5, 0.6) is 0 Å². The van der Waals surface area contributed by atoms with Gasteiger partial charge < -0.3 is 20.6 Å². The Morgan fingerprint density at radius 2 is 2.04 bits per heavy atom. The molecule has 26 heavy (non-hydrogen) atoms. The van der Waals surface area contributed by atoms with E-state index in [4.69, 9.17) is 10.5 Å². The van der Waals surface area contributed by atoms with Crippen LogP contribution >= 0.6 is 0 Å². The van der Waals surface area contributed by atoms with Crippen molar-refractivity contribution in [2.45, 2.75) is 45.0 Å². The summed E-state index contributed by atoms with van der Waals surface area (Å²) in [5, 5.41) is 10.7. The Morgan fingerprint density at radius 1 is 1.35 bits per heavy atom. The summed E-state index contributed by atoms with van der Waals surface area (Å²) in [7, 11) is 0. The van der Waals surface area contributed by atoms with Crippen LogP contribution in [0.3, 0.4) is 0 Å². The highest BCUT2D eigenvalue weighted by Gasteiger charge is 2.44. The standard InChI is InChI=1S/C19H25N3O4/c1-19(2,3)26-18(25)12-8-9-22(16(12)20)15(17(23)24)14-10-11-6-4-5-7-13(11)21-14/h4-7,10,12,15-16,21H,8-9,20H2,1-3H3,(H,23,24)/t12-,15+,16+/m1/s1. The van der Waals surface area contributed by atoms with Crippen LogP contribution in [0.4, 0.5) is 0 Å². The van der Waals surface area contributed by atoms with E-state index in [1.54, 1.807) is 25.7 Å². The van der Waals surface area contributed by atoms with Gasteiger partial charge in [-0.05, 0) is 44.7 Å². The van der Waals surface area contributed by atoms with Crippen molar-refractivity contribution >= 4 is 22.8 Å². The van der Waals surface area contributed by atoms with Gasteiger partial charge in [-0.2, -0.15) is 0 Å². The molecular formula is C19H25N3O4. The molecule has 3 rings (SSSR count).